The first-order chi connectivity index (χ1) is 31.6. The molecule has 5 heterocycles. The number of aliphatic hydroxyl groups excluding tert-OH is 14. The minimum absolute atomic E-state index is 0.215. The molecule has 2 aromatic carbocycles. The minimum atomic E-state index is -2.08. The number of benzene rings is 2. The van der Waals surface area contributed by atoms with Gasteiger partial charge in [-0.15, -0.1) is 0 Å². The summed E-state index contributed by atoms with van der Waals surface area (Å²) >= 11 is 0. The fourth-order valence-electron chi connectivity index (χ4n) is 7.99. The van der Waals surface area contributed by atoms with E-state index in [1.165, 1.54) is 0 Å². The number of Topliss-reactive ketones (excluding diaryl/α,β-unsaturated/α-hetero) is 1. The summed E-state index contributed by atoms with van der Waals surface area (Å²) in [5, 5.41) is 188. The van der Waals surface area contributed by atoms with Crippen molar-refractivity contribution in [3.8, 4) is 34.5 Å². The van der Waals surface area contributed by atoms with Crippen molar-refractivity contribution in [1.82, 2.24) is 0 Å². The number of hydrogen-bond donors (Lipinski definition) is 18. The van der Waals surface area contributed by atoms with Gasteiger partial charge in [0.25, 0.3) is 0 Å². The Kier molecular flexibility index (Phi) is 15.6. The first-order valence-electron chi connectivity index (χ1n) is 20.5. The maximum absolute atomic E-state index is 12.9. The Morgan fingerprint density at radius 1 is 0.463 bits per heavy atom. The van der Waals surface area contributed by atoms with Gasteiger partial charge in [0.05, 0.1) is 26.4 Å². The molecular formula is C39H52O28. The van der Waals surface area contributed by atoms with Gasteiger partial charge >= 0.3 is 0 Å². The second-order valence-electron chi connectivity index (χ2n) is 16.4. The van der Waals surface area contributed by atoms with Crippen molar-refractivity contribution in [2.75, 3.05) is 26.4 Å². The third-order valence-corrected chi connectivity index (χ3v) is 11.9. The van der Waals surface area contributed by atoms with Crippen LogP contribution in [-0.2, 0) is 33.2 Å². The molecule has 2 aromatic rings. The molecule has 28 heteroatoms. The van der Waals surface area contributed by atoms with E-state index in [4.69, 9.17) is 42.6 Å². The summed E-state index contributed by atoms with van der Waals surface area (Å²) in [4.78, 5) is 12.9. The van der Waals surface area contributed by atoms with E-state index in [1.807, 2.05) is 0 Å². The largest absolute Gasteiger partial charge is 0.508 e. The monoisotopic (exact) mass is 968 g/mol. The van der Waals surface area contributed by atoms with Crippen LogP contribution in [0.1, 0.15) is 22.0 Å². The molecule has 5 aliphatic rings. The van der Waals surface area contributed by atoms with E-state index >= 15 is 0 Å². The second kappa shape index (κ2) is 20.6. The summed E-state index contributed by atoms with van der Waals surface area (Å²) in [6.45, 7) is -3.08. The number of aromatic hydroxyl groups is 4. The molecule has 22 atom stereocenters. The van der Waals surface area contributed by atoms with Gasteiger partial charge in [-0.2, -0.15) is 0 Å². The maximum Gasteiger partial charge on any atom is 0.229 e. The van der Waals surface area contributed by atoms with Crippen molar-refractivity contribution in [2.45, 2.75) is 135 Å². The number of ether oxygens (including phenoxy) is 9. The van der Waals surface area contributed by atoms with Gasteiger partial charge in [-0.1, -0.05) is 0 Å². The zero-order valence-electron chi connectivity index (χ0n) is 34.5. The third-order valence-electron chi connectivity index (χ3n) is 11.9. The van der Waals surface area contributed by atoms with Crippen LogP contribution in [-0.4, -0.2) is 253 Å². The number of ketones is 1. The molecule has 5 aliphatic heterocycles. The molecule has 0 aliphatic carbocycles. The average molecular weight is 969 g/mol. The molecule has 4 saturated heterocycles. The lowest BCUT2D eigenvalue weighted by molar-refractivity contribution is -0.346. The first-order valence-corrected chi connectivity index (χ1v) is 20.5. The zero-order chi connectivity index (χ0) is 48.9. The van der Waals surface area contributed by atoms with E-state index in [0.29, 0.717) is 0 Å². The number of carbonyl (C=O) groups is 1. The van der Waals surface area contributed by atoms with Crippen LogP contribution in [0.5, 0.6) is 34.5 Å². The fourth-order valence-corrected chi connectivity index (χ4v) is 7.99. The summed E-state index contributed by atoms with van der Waals surface area (Å²) in [5.41, 5.74) is -0.647. The van der Waals surface area contributed by atoms with Gasteiger partial charge in [-0.05, 0) is 12.1 Å². The molecular weight excluding hydrogens is 916 g/mol. The van der Waals surface area contributed by atoms with Crippen molar-refractivity contribution in [3.05, 3.63) is 35.4 Å². The molecule has 7 rings (SSSR count). The second-order valence-corrected chi connectivity index (χ2v) is 16.4. The van der Waals surface area contributed by atoms with Crippen molar-refractivity contribution >= 4 is 5.78 Å². The highest BCUT2D eigenvalue weighted by Crippen LogP contribution is 2.46. The Morgan fingerprint density at radius 2 is 0.851 bits per heavy atom. The van der Waals surface area contributed by atoms with E-state index in [1.54, 1.807) is 0 Å². The van der Waals surface area contributed by atoms with E-state index in [2.05, 4.69) is 0 Å². The maximum atomic E-state index is 12.9. The van der Waals surface area contributed by atoms with Crippen LogP contribution in [0.2, 0.25) is 0 Å². The highest BCUT2D eigenvalue weighted by Gasteiger charge is 2.51. The molecule has 0 unspecified atom stereocenters. The SMILES string of the molecule is O=C1c2c(O)cc(O)cc2O[C@H](c2cc(O)c(O[C@@H]3O[C@@H](CO[C@@H]4O[C@@H](CO[C@@H]5O[C@@H](CO[C@@H]6O[C@@H](CO)[C@H](O)[C@@H](O)[C@@H]6O)[C@H](O)[C@@H](O)[C@@H]5O)[C@H](O)[C@@H](O)[C@@H]4O)[C@H](O)[C@@H](O)[C@@H]3O)c(O)c2)[C@H]1O. The molecule has 0 bridgehead atoms. The number of aliphatic hydroxyl groups is 14. The normalized spacial score (nSPS) is 42.4. The van der Waals surface area contributed by atoms with Crippen LogP contribution in [0.15, 0.2) is 24.3 Å². The Labute approximate surface area is 376 Å². The Balaban J connectivity index is 0.964. The number of fused-ring (bicyclic) bond motifs is 1. The number of hydrogen-bond acceptors (Lipinski definition) is 28. The molecule has 18 N–H and O–H groups in total. The minimum Gasteiger partial charge on any atom is -0.508 e. The van der Waals surface area contributed by atoms with Crippen LogP contribution in [0.25, 0.3) is 0 Å². The molecule has 0 spiro atoms. The third kappa shape index (κ3) is 10.1. The molecule has 4 fully saturated rings. The van der Waals surface area contributed by atoms with Gasteiger partial charge in [-0.25, -0.2) is 0 Å². The van der Waals surface area contributed by atoms with E-state index in [-0.39, 0.29) is 11.3 Å². The quantitative estimate of drug-likeness (QED) is 0.0886. The molecule has 28 nitrogen and oxygen atoms in total. The molecule has 0 radical (unpaired) electrons. The standard InChI is InChI=1S/C39H52O28/c40-5-15-20(45)25(50)30(55)36(63-15)59-6-16-21(46)26(51)31(56)37(64-16)60-7-17-22(47)27(52)32(57)38(65-17)61-8-18-23(48)28(53)33(58)39(66-18)67-35-12(43)1-9(2-13(35)44)34-29(54)24(49)19-11(42)3-10(41)4-14(19)62-34/h1-4,15-18,20-23,25-34,36-48,50-58H,5-8H2/t15-,16-,17-,18-,20-,21-,22-,23-,25+,26+,27+,28+,29-,30-,31-,32-,33-,34+,36+,37+,38+,39-/m0/s1. The number of phenols is 4. The summed E-state index contributed by atoms with van der Waals surface area (Å²) in [5.74, 6) is -5.07. The van der Waals surface area contributed by atoms with Gasteiger partial charge in [0, 0.05) is 17.7 Å². The zero-order valence-corrected chi connectivity index (χ0v) is 34.5. The molecule has 376 valence electrons. The highest BCUT2D eigenvalue weighted by atomic mass is 16.8. The summed E-state index contributed by atoms with van der Waals surface area (Å²) in [6.07, 6.45) is -40.2. The van der Waals surface area contributed by atoms with E-state index in [9.17, 15) is 96.7 Å². The van der Waals surface area contributed by atoms with Crippen LogP contribution in [0.4, 0.5) is 0 Å². The fraction of sp³-hybridized carbons (Fsp3) is 0.667. The van der Waals surface area contributed by atoms with Crippen molar-refractivity contribution in [3.63, 3.8) is 0 Å². The van der Waals surface area contributed by atoms with Gasteiger partial charge in [0.1, 0.15) is 120 Å². The lowest BCUT2D eigenvalue weighted by Gasteiger charge is -2.44. The summed E-state index contributed by atoms with van der Waals surface area (Å²) in [7, 11) is 0. The Bertz CT molecular complexity index is 2000. The van der Waals surface area contributed by atoms with Gasteiger partial charge in [-0.3, -0.25) is 4.79 Å². The van der Waals surface area contributed by atoms with Crippen LogP contribution in [0.3, 0.4) is 0 Å². The Hall–Kier alpha value is -3.93. The summed E-state index contributed by atoms with van der Waals surface area (Å²) < 4.78 is 49.4. The molecule has 0 amide bonds. The lowest BCUT2D eigenvalue weighted by Crippen LogP contribution is -2.63. The van der Waals surface area contributed by atoms with Crippen molar-refractivity contribution in [2.24, 2.45) is 0 Å². The summed E-state index contributed by atoms with van der Waals surface area (Å²) in [6, 6.07) is 3.61. The first kappa shape index (κ1) is 50.9. The van der Waals surface area contributed by atoms with Crippen molar-refractivity contribution in [1.29, 1.82) is 0 Å². The molecule has 0 saturated carbocycles. The number of carbonyl (C=O) groups excluding carboxylic acids is 1. The number of phenolic OH excluding ortho intramolecular Hbond substituents is 4. The van der Waals surface area contributed by atoms with E-state index in [0.717, 1.165) is 24.3 Å². The lowest BCUT2D eigenvalue weighted by atomic mass is 9.92. The molecule has 0 aromatic heterocycles. The van der Waals surface area contributed by atoms with Crippen LogP contribution >= 0.6 is 0 Å². The molecule has 67 heavy (non-hydrogen) atoms. The predicted octanol–water partition coefficient (Wildman–Crippen LogP) is -8.16. The van der Waals surface area contributed by atoms with Crippen LogP contribution < -0.4 is 9.47 Å². The smallest absolute Gasteiger partial charge is 0.229 e. The van der Waals surface area contributed by atoms with E-state index < -0.39 is 202 Å². The van der Waals surface area contributed by atoms with Gasteiger partial charge < -0.3 is 135 Å². The van der Waals surface area contributed by atoms with Crippen LogP contribution in [0, 0.1) is 0 Å². The predicted molar refractivity (Wildman–Crippen MR) is 206 cm³/mol. The average Bonchev–Trinajstić information content (AvgIpc) is 3.29. The topological polar surface area (TPSA) is 464 Å². The number of rotatable bonds is 13. The van der Waals surface area contributed by atoms with Gasteiger partial charge in [0.2, 0.25) is 17.8 Å². The van der Waals surface area contributed by atoms with Crippen molar-refractivity contribution < 1.29 is 139 Å². The Morgan fingerprint density at radius 3 is 1.28 bits per heavy atom. The van der Waals surface area contributed by atoms with Gasteiger partial charge in [0.15, 0.2) is 42.6 Å². The highest BCUT2D eigenvalue weighted by molar-refractivity contribution is 6.05.